The van der Waals surface area contributed by atoms with Crippen LogP contribution in [0, 0.1) is 0 Å². The molecule has 0 atom stereocenters. The maximum Gasteiger partial charge on any atom is 0.227 e. The summed E-state index contributed by atoms with van der Waals surface area (Å²) in [6.07, 6.45) is 1.66. The summed E-state index contributed by atoms with van der Waals surface area (Å²) in [6.45, 7) is 2.10. The van der Waals surface area contributed by atoms with Crippen LogP contribution in [0.25, 0.3) is 22.2 Å². The van der Waals surface area contributed by atoms with Gasteiger partial charge in [0.05, 0.1) is 0 Å². The quantitative estimate of drug-likeness (QED) is 0.516. The van der Waals surface area contributed by atoms with Crippen molar-refractivity contribution in [1.29, 1.82) is 0 Å². The van der Waals surface area contributed by atoms with E-state index in [1.807, 2.05) is 54.6 Å². The van der Waals surface area contributed by atoms with E-state index in [4.69, 9.17) is 4.52 Å². The Hall–Kier alpha value is -3.47. The predicted molar refractivity (Wildman–Crippen MR) is 110 cm³/mol. The molecule has 1 heterocycles. The number of carbonyl (C=O) groups excluding carboxylic acids is 1. The molecule has 140 valence electrons. The summed E-state index contributed by atoms with van der Waals surface area (Å²) in [4.78, 5) is 16.7. The topological polar surface area (TPSA) is 68.0 Å². The van der Waals surface area contributed by atoms with Gasteiger partial charge in [-0.25, -0.2) is 0 Å². The van der Waals surface area contributed by atoms with Crippen LogP contribution in [0.3, 0.4) is 0 Å². The van der Waals surface area contributed by atoms with Crippen molar-refractivity contribution in [2.75, 3.05) is 5.32 Å². The Labute approximate surface area is 163 Å². The third-order valence-corrected chi connectivity index (χ3v) is 4.71. The zero-order chi connectivity index (χ0) is 19.3. The number of hydrogen-bond acceptors (Lipinski definition) is 4. The molecule has 0 bridgehead atoms. The monoisotopic (exact) mass is 371 g/mol. The van der Waals surface area contributed by atoms with E-state index in [1.165, 1.54) is 5.56 Å². The Morgan fingerprint density at radius 3 is 2.61 bits per heavy atom. The molecule has 5 heteroatoms. The first-order chi connectivity index (χ1) is 13.7. The minimum absolute atomic E-state index is 0.0749. The molecule has 0 spiro atoms. The number of nitrogens with zero attached hydrogens (tertiary/aromatic N) is 2. The molecule has 0 aliphatic carbocycles. The van der Waals surface area contributed by atoms with E-state index in [-0.39, 0.29) is 12.3 Å². The van der Waals surface area contributed by atoms with Crippen LogP contribution in [0.5, 0.6) is 0 Å². The van der Waals surface area contributed by atoms with Gasteiger partial charge < -0.3 is 9.84 Å². The van der Waals surface area contributed by atoms with Gasteiger partial charge in [-0.2, -0.15) is 4.98 Å². The number of carbonyl (C=O) groups is 1. The number of benzene rings is 3. The maximum atomic E-state index is 12.2. The summed E-state index contributed by atoms with van der Waals surface area (Å²) >= 11 is 0. The average Bonchev–Trinajstić information content (AvgIpc) is 3.21. The van der Waals surface area contributed by atoms with E-state index in [9.17, 15) is 4.79 Å². The SMILES string of the molecule is CCc1ccc(NC(=O)CCc2nc(-c3cccc4ccccc34)no2)cc1. The molecule has 0 radical (unpaired) electrons. The molecule has 4 aromatic rings. The summed E-state index contributed by atoms with van der Waals surface area (Å²) in [5, 5.41) is 9.20. The van der Waals surface area contributed by atoms with Gasteiger partial charge >= 0.3 is 0 Å². The first-order valence-corrected chi connectivity index (χ1v) is 9.42. The molecule has 1 amide bonds. The molecular formula is C23H21N3O2. The van der Waals surface area contributed by atoms with Crippen molar-refractivity contribution < 1.29 is 9.32 Å². The van der Waals surface area contributed by atoms with Gasteiger partial charge in [-0.05, 0) is 34.9 Å². The molecular weight excluding hydrogens is 350 g/mol. The van der Waals surface area contributed by atoms with E-state index in [1.54, 1.807) is 0 Å². The van der Waals surface area contributed by atoms with Crippen molar-refractivity contribution in [3.05, 3.63) is 78.2 Å². The van der Waals surface area contributed by atoms with Crippen molar-refractivity contribution in [2.24, 2.45) is 0 Å². The number of hydrogen-bond donors (Lipinski definition) is 1. The lowest BCUT2D eigenvalue weighted by Crippen LogP contribution is -2.12. The second kappa shape index (κ2) is 8.05. The number of rotatable bonds is 6. The van der Waals surface area contributed by atoms with E-state index in [0.29, 0.717) is 18.1 Å². The van der Waals surface area contributed by atoms with Crippen LogP contribution in [0.1, 0.15) is 24.8 Å². The van der Waals surface area contributed by atoms with Crippen LogP contribution in [-0.4, -0.2) is 16.0 Å². The summed E-state index contributed by atoms with van der Waals surface area (Å²) in [5.41, 5.74) is 2.96. The lowest BCUT2D eigenvalue weighted by atomic mass is 10.0. The molecule has 0 fully saturated rings. The van der Waals surface area contributed by atoms with Gasteiger partial charge in [0.25, 0.3) is 0 Å². The second-order valence-electron chi connectivity index (χ2n) is 6.64. The van der Waals surface area contributed by atoms with Gasteiger partial charge in [0.15, 0.2) is 0 Å². The van der Waals surface area contributed by atoms with Crippen molar-refractivity contribution >= 4 is 22.4 Å². The Kier molecular flexibility index (Phi) is 5.15. The second-order valence-corrected chi connectivity index (χ2v) is 6.64. The molecule has 4 rings (SSSR count). The third-order valence-electron chi connectivity index (χ3n) is 4.71. The first-order valence-electron chi connectivity index (χ1n) is 9.42. The first kappa shape index (κ1) is 17.9. The van der Waals surface area contributed by atoms with E-state index < -0.39 is 0 Å². The van der Waals surface area contributed by atoms with Crippen molar-refractivity contribution in [3.63, 3.8) is 0 Å². The molecule has 0 aliphatic rings. The average molecular weight is 371 g/mol. The normalized spacial score (nSPS) is 10.9. The highest BCUT2D eigenvalue weighted by Gasteiger charge is 2.13. The standard InChI is InChI=1S/C23H21N3O2/c1-2-16-10-12-18(13-11-16)24-21(27)14-15-22-25-23(26-28-22)20-9-5-7-17-6-3-4-8-19(17)20/h3-13H,2,14-15H2,1H3,(H,24,27). The molecule has 5 nitrogen and oxygen atoms in total. The van der Waals surface area contributed by atoms with Crippen LogP contribution < -0.4 is 5.32 Å². The predicted octanol–water partition coefficient (Wildman–Crippen LogP) is 5.02. The minimum atomic E-state index is -0.0749. The van der Waals surface area contributed by atoms with Gasteiger partial charge in [0, 0.05) is 24.1 Å². The highest BCUT2D eigenvalue weighted by atomic mass is 16.5. The zero-order valence-electron chi connectivity index (χ0n) is 15.7. The van der Waals surface area contributed by atoms with Crippen LogP contribution >= 0.6 is 0 Å². The van der Waals surface area contributed by atoms with Gasteiger partial charge in [-0.1, -0.05) is 66.7 Å². The fraction of sp³-hybridized carbons (Fsp3) is 0.174. The zero-order valence-corrected chi connectivity index (χ0v) is 15.7. The Morgan fingerprint density at radius 2 is 1.79 bits per heavy atom. The lowest BCUT2D eigenvalue weighted by Gasteiger charge is -2.05. The Balaban J connectivity index is 1.41. The summed E-state index contributed by atoms with van der Waals surface area (Å²) in [6, 6.07) is 22.0. The van der Waals surface area contributed by atoms with Crippen LogP contribution in [0.4, 0.5) is 5.69 Å². The highest BCUT2D eigenvalue weighted by molar-refractivity contribution is 5.95. The number of amides is 1. The lowest BCUT2D eigenvalue weighted by molar-refractivity contribution is -0.116. The Bertz CT molecular complexity index is 1100. The fourth-order valence-electron chi connectivity index (χ4n) is 3.15. The smallest absolute Gasteiger partial charge is 0.227 e. The number of fused-ring (bicyclic) bond motifs is 1. The van der Waals surface area contributed by atoms with Crippen LogP contribution in [0.15, 0.2) is 71.3 Å². The van der Waals surface area contributed by atoms with Gasteiger partial charge in [-0.3, -0.25) is 4.79 Å². The highest BCUT2D eigenvalue weighted by Crippen LogP contribution is 2.26. The van der Waals surface area contributed by atoms with Crippen molar-refractivity contribution in [1.82, 2.24) is 10.1 Å². The summed E-state index contributed by atoms with van der Waals surface area (Å²) in [5.74, 6) is 0.927. The van der Waals surface area contributed by atoms with Crippen LogP contribution in [0.2, 0.25) is 0 Å². The molecule has 1 aromatic heterocycles. The van der Waals surface area contributed by atoms with Crippen molar-refractivity contribution in [3.8, 4) is 11.4 Å². The van der Waals surface area contributed by atoms with Gasteiger partial charge in [-0.15, -0.1) is 0 Å². The van der Waals surface area contributed by atoms with E-state index in [2.05, 4.69) is 34.5 Å². The molecule has 0 unspecified atom stereocenters. The largest absolute Gasteiger partial charge is 0.339 e. The molecule has 28 heavy (non-hydrogen) atoms. The van der Waals surface area contributed by atoms with E-state index >= 15 is 0 Å². The maximum absolute atomic E-state index is 12.2. The van der Waals surface area contributed by atoms with Crippen LogP contribution in [-0.2, 0) is 17.6 Å². The summed E-state index contributed by atoms with van der Waals surface area (Å²) in [7, 11) is 0. The molecule has 0 saturated carbocycles. The summed E-state index contributed by atoms with van der Waals surface area (Å²) < 4.78 is 5.36. The van der Waals surface area contributed by atoms with E-state index in [0.717, 1.165) is 28.4 Å². The Morgan fingerprint density at radius 1 is 1.00 bits per heavy atom. The number of aromatic nitrogens is 2. The van der Waals surface area contributed by atoms with Gasteiger partial charge in [0.2, 0.25) is 17.6 Å². The third kappa shape index (κ3) is 3.93. The fourth-order valence-corrected chi connectivity index (χ4v) is 3.15. The number of anilines is 1. The minimum Gasteiger partial charge on any atom is -0.339 e. The molecule has 0 saturated heterocycles. The molecule has 1 N–H and O–H groups in total. The number of nitrogens with one attached hydrogen (secondary N) is 1. The van der Waals surface area contributed by atoms with Gasteiger partial charge in [0.1, 0.15) is 0 Å². The number of aryl methyl sites for hydroxylation is 2. The van der Waals surface area contributed by atoms with Crippen molar-refractivity contribution in [2.45, 2.75) is 26.2 Å². The molecule has 0 aliphatic heterocycles. The molecule has 3 aromatic carbocycles.